The minimum absolute atomic E-state index is 0.219. The maximum Gasteiger partial charge on any atom is 0.142 e. The van der Waals surface area contributed by atoms with Crippen LogP contribution in [0.3, 0.4) is 0 Å². The van der Waals surface area contributed by atoms with Gasteiger partial charge in [0.2, 0.25) is 0 Å². The van der Waals surface area contributed by atoms with Crippen LogP contribution >= 0.6 is 56.8 Å². The van der Waals surface area contributed by atoms with E-state index in [-0.39, 0.29) is 5.75 Å². The second-order valence-corrected chi connectivity index (χ2v) is 7.89. The van der Waals surface area contributed by atoms with Crippen molar-refractivity contribution in [2.75, 3.05) is 0 Å². The van der Waals surface area contributed by atoms with E-state index in [4.69, 9.17) is 16.0 Å². The van der Waals surface area contributed by atoms with E-state index < -0.39 is 0 Å². The van der Waals surface area contributed by atoms with Gasteiger partial charge >= 0.3 is 0 Å². The number of phenols is 1. The van der Waals surface area contributed by atoms with Gasteiger partial charge in [-0.15, -0.1) is 0 Å². The van der Waals surface area contributed by atoms with Crippen LogP contribution in [0.2, 0.25) is 5.02 Å². The highest BCUT2D eigenvalue weighted by molar-refractivity contribution is 14.1. The van der Waals surface area contributed by atoms with Gasteiger partial charge in [-0.05, 0) is 69.4 Å². The Morgan fingerprint density at radius 1 is 1.21 bits per heavy atom. The predicted octanol–water partition coefficient (Wildman–Crippen LogP) is 5.79. The number of aryl methyl sites for hydroxylation is 1. The van der Waals surface area contributed by atoms with E-state index in [0.29, 0.717) is 35.4 Å². The third kappa shape index (κ3) is 3.11. The van der Waals surface area contributed by atoms with E-state index in [1.54, 1.807) is 24.3 Å². The van der Waals surface area contributed by atoms with Crippen molar-refractivity contribution in [2.24, 2.45) is 5.16 Å². The average Bonchev–Trinajstić information content (AvgIpc) is 2.91. The standard InChI is InChI=1S/C17H12ClI2NO3/c1-2-13-15(10-4-3-9(18)7-14(10)24-13)16(21-23)8-5-11(19)17(22)12(20)6-8/h3-7,22-23H,2H2,1H3. The van der Waals surface area contributed by atoms with Gasteiger partial charge in [0.05, 0.1) is 12.7 Å². The molecule has 7 heteroatoms. The van der Waals surface area contributed by atoms with Gasteiger partial charge in [0.25, 0.3) is 0 Å². The number of oxime groups is 1. The molecule has 124 valence electrons. The van der Waals surface area contributed by atoms with Crippen LogP contribution in [0.5, 0.6) is 5.75 Å². The molecule has 2 aromatic carbocycles. The molecule has 0 atom stereocenters. The van der Waals surface area contributed by atoms with Crippen molar-refractivity contribution in [2.45, 2.75) is 13.3 Å². The molecule has 0 saturated heterocycles. The molecule has 0 aliphatic rings. The third-order valence-corrected chi connectivity index (χ3v) is 5.55. The Morgan fingerprint density at radius 2 is 1.88 bits per heavy atom. The summed E-state index contributed by atoms with van der Waals surface area (Å²) in [5.41, 5.74) is 2.50. The first kappa shape index (κ1) is 17.8. The maximum atomic E-state index is 9.97. The zero-order valence-corrected chi connectivity index (χ0v) is 17.5. The molecule has 0 aliphatic heterocycles. The summed E-state index contributed by atoms with van der Waals surface area (Å²) in [5.74, 6) is 0.940. The molecule has 0 unspecified atom stereocenters. The van der Waals surface area contributed by atoms with Gasteiger partial charge in [-0.2, -0.15) is 0 Å². The predicted molar refractivity (Wildman–Crippen MR) is 112 cm³/mol. The summed E-state index contributed by atoms with van der Waals surface area (Å²) in [6.45, 7) is 1.97. The van der Waals surface area contributed by atoms with Crippen molar-refractivity contribution in [1.29, 1.82) is 0 Å². The minimum atomic E-state index is 0.219. The normalized spacial score (nSPS) is 12.1. The fourth-order valence-corrected chi connectivity index (χ4v) is 4.51. The van der Waals surface area contributed by atoms with Crippen molar-refractivity contribution < 1.29 is 14.7 Å². The molecule has 4 nitrogen and oxygen atoms in total. The molecule has 3 rings (SSSR count). The van der Waals surface area contributed by atoms with Gasteiger partial charge in [-0.25, -0.2) is 0 Å². The monoisotopic (exact) mass is 567 g/mol. The van der Waals surface area contributed by atoms with Crippen LogP contribution in [-0.4, -0.2) is 16.0 Å². The van der Waals surface area contributed by atoms with E-state index in [9.17, 15) is 10.3 Å². The van der Waals surface area contributed by atoms with Crippen LogP contribution < -0.4 is 0 Å². The summed E-state index contributed by atoms with van der Waals surface area (Å²) in [6.07, 6.45) is 0.646. The molecule has 0 saturated carbocycles. The lowest BCUT2D eigenvalue weighted by atomic mass is 9.98. The molecule has 1 aromatic heterocycles. The lowest BCUT2D eigenvalue weighted by molar-refractivity contribution is 0.319. The molecular formula is C17H12ClI2NO3. The Morgan fingerprint density at radius 3 is 2.46 bits per heavy atom. The average molecular weight is 568 g/mol. The topological polar surface area (TPSA) is 66.0 Å². The number of furan rings is 1. The summed E-state index contributed by atoms with van der Waals surface area (Å²) in [7, 11) is 0. The molecule has 3 aromatic rings. The number of fused-ring (bicyclic) bond motifs is 1. The van der Waals surface area contributed by atoms with Gasteiger partial charge in [0, 0.05) is 28.5 Å². The van der Waals surface area contributed by atoms with Gasteiger partial charge in [0.15, 0.2) is 0 Å². The van der Waals surface area contributed by atoms with Gasteiger partial charge < -0.3 is 14.7 Å². The van der Waals surface area contributed by atoms with E-state index in [0.717, 1.165) is 16.7 Å². The highest BCUT2D eigenvalue weighted by Gasteiger charge is 2.21. The molecule has 0 fully saturated rings. The Bertz CT molecular complexity index is 943. The van der Waals surface area contributed by atoms with Crippen LogP contribution in [0.25, 0.3) is 11.0 Å². The number of hydrogen-bond acceptors (Lipinski definition) is 4. The minimum Gasteiger partial charge on any atom is -0.506 e. The lowest BCUT2D eigenvalue weighted by Gasteiger charge is -2.09. The molecule has 0 amide bonds. The first-order valence-electron chi connectivity index (χ1n) is 7.08. The van der Waals surface area contributed by atoms with Crippen LogP contribution in [0, 0.1) is 7.14 Å². The third-order valence-electron chi connectivity index (χ3n) is 3.67. The quantitative estimate of drug-likeness (QED) is 0.182. The molecule has 0 bridgehead atoms. The number of hydrogen-bond donors (Lipinski definition) is 2. The number of benzene rings is 2. The second kappa shape index (κ2) is 7.09. The first-order valence-corrected chi connectivity index (χ1v) is 9.61. The number of halogens is 3. The fourth-order valence-electron chi connectivity index (χ4n) is 2.58. The van der Waals surface area contributed by atoms with Gasteiger partial charge in [0.1, 0.15) is 22.8 Å². The van der Waals surface area contributed by atoms with Gasteiger partial charge in [-0.3, -0.25) is 0 Å². The zero-order chi connectivity index (χ0) is 17.4. The van der Waals surface area contributed by atoms with Gasteiger partial charge in [-0.1, -0.05) is 23.7 Å². The maximum absolute atomic E-state index is 9.97. The van der Waals surface area contributed by atoms with Crippen LogP contribution in [0.1, 0.15) is 23.8 Å². The summed E-state index contributed by atoms with van der Waals surface area (Å²) in [5, 5.41) is 24.6. The van der Waals surface area contributed by atoms with E-state index >= 15 is 0 Å². The highest BCUT2D eigenvalue weighted by Crippen LogP contribution is 2.33. The van der Waals surface area contributed by atoms with Crippen molar-refractivity contribution in [3.63, 3.8) is 0 Å². The summed E-state index contributed by atoms with van der Waals surface area (Å²) in [6, 6.07) is 8.94. The number of aromatic hydroxyl groups is 1. The zero-order valence-electron chi connectivity index (χ0n) is 12.5. The first-order chi connectivity index (χ1) is 11.5. The fraction of sp³-hybridized carbons (Fsp3) is 0.118. The summed E-state index contributed by atoms with van der Waals surface area (Å²) >= 11 is 10.1. The Hall–Kier alpha value is -1.000. The van der Waals surface area contributed by atoms with E-state index in [1.807, 2.05) is 13.0 Å². The largest absolute Gasteiger partial charge is 0.506 e. The molecular weight excluding hydrogens is 555 g/mol. The lowest BCUT2D eigenvalue weighted by Crippen LogP contribution is -2.06. The van der Waals surface area contributed by atoms with Crippen molar-refractivity contribution in [3.05, 3.63) is 59.4 Å². The van der Waals surface area contributed by atoms with E-state index in [1.165, 1.54) is 0 Å². The smallest absolute Gasteiger partial charge is 0.142 e. The van der Waals surface area contributed by atoms with Crippen molar-refractivity contribution in [1.82, 2.24) is 0 Å². The molecule has 0 aliphatic carbocycles. The Balaban J connectivity index is 2.28. The number of nitrogens with zero attached hydrogens (tertiary/aromatic N) is 1. The van der Waals surface area contributed by atoms with Crippen LogP contribution in [0.4, 0.5) is 0 Å². The number of phenolic OH excluding ortho intramolecular Hbond substituents is 1. The molecule has 1 heterocycles. The Labute approximate surface area is 170 Å². The highest BCUT2D eigenvalue weighted by atomic mass is 127. The Kier molecular flexibility index (Phi) is 5.26. The SMILES string of the molecule is CCc1oc2cc(Cl)ccc2c1C(=NO)c1cc(I)c(O)c(I)c1. The summed E-state index contributed by atoms with van der Waals surface area (Å²) < 4.78 is 7.26. The second-order valence-electron chi connectivity index (χ2n) is 5.13. The molecule has 24 heavy (non-hydrogen) atoms. The molecule has 0 radical (unpaired) electrons. The van der Waals surface area contributed by atoms with Crippen LogP contribution in [-0.2, 0) is 6.42 Å². The van der Waals surface area contributed by atoms with Crippen molar-refractivity contribution in [3.8, 4) is 5.75 Å². The van der Waals surface area contributed by atoms with Crippen molar-refractivity contribution >= 4 is 73.5 Å². The molecule has 2 N–H and O–H groups in total. The van der Waals surface area contributed by atoms with E-state index in [2.05, 4.69) is 50.3 Å². The number of rotatable bonds is 3. The molecule has 0 spiro atoms. The van der Waals surface area contributed by atoms with Crippen LogP contribution in [0.15, 0.2) is 39.9 Å². The summed E-state index contributed by atoms with van der Waals surface area (Å²) in [4.78, 5) is 0.